The van der Waals surface area contributed by atoms with Crippen LogP contribution in [0.3, 0.4) is 0 Å². The summed E-state index contributed by atoms with van der Waals surface area (Å²) in [5, 5.41) is 0. The Bertz CT molecular complexity index is 585. The van der Waals surface area contributed by atoms with Gasteiger partial charge >= 0.3 is 0 Å². The Morgan fingerprint density at radius 1 is 1.39 bits per heavy atom. The van der Waals surface area contributed by atoms with E-state index in [0.29, 0.717) is 5.88 Å². The maximum atomic E-state index is 13.5. The van der Waals surface area contributed by atoms with Gasteiger partial charge in [-0.25, -0.2) is 9.37 Å². The Balaban J connectivity index is 2.27. The molecule has 4 heteroatoms. The van der Waals surface area contributed by atoms with Crippen LogP contribution in [0.1, 0.15) is 38.4 Å². The number of fused-ring (bicyclic) bond motifs is 1. The van der Waals surface area contributed by atoms with Crippen LogP contribution in [-0.4, -0.2) is 9.55 Å². The molecule has 1 aromatic carbocycles. The zero-order valence-corrected chi connectivity index (χ0v) is 11.2. The van der Waals surface area contributed by atoms with E-state index in [-0.39, 0.29) is 11.4 Å². The quantitative estimate of drug-likeness (QED) is 0.745. The molecule has 0 aliphatic heterocycles. The number of benzene rings is 1. The van der Waals surface area contributed by atoms with Crippen LogP contribution >= 0.6 is 11.6 Å². The molecule has 0 bridgehead atoms. The minimum Gasteiger partial charge on any atom is -0.321 e. The van der Waals surface area contributed by atoms with E-state index in [0.717, 1.165) is 29.7 Å². The summed E-state index contributed by atoms with van der Waals surface area (Å²) in [4.78, 5) is 4.53. The molecule has 18 heavy (non-hydrogen) atoms. The van der Waals surface area contributed by atoms with Gasteiger partial charge < -0.3 is 4.57 Å². The lowest BCUT2D eigenvalue weighted by Gasteiger charge is -2.28. The van der Waals surface area contributed by atoms with E-state index >= 15 is 0 Å². The summed E-state index contributed by atoms with van der Waals surface area (Å²) in [6.07, 6.45) is 4.65. The zero-order valence-electron chi connectivity index (χ0n) is 10.4. The van der Waals surface area contributed by atoms with Gasteiger partial charge in [0.15, 0.2) is 0 Å². The van der Waals surface area contributed by atoms with Crippen molar-refractivity contribution in [2.75, 3.05) is 0 Å². The van der Waals surface area contributed by atoms with Crippen molar-refractivity contribution in [3.63, 3.8) is 0 Å². The van der Waals surface area contributed by atoms with Gasteiger partial charge in [0.2, 0.25) is 0 Å². The largest absolute Gasteiger partial charge is 0.321 e. The summed E-state index contributed by atoms with van der Waals surface area (Å²) < 4.78 is 15.6. The molecule has 1 saturated carbocycles. The third-order valence-electron chi connectivity index (χ3n) is 4.03. The van der Waals surface area contributed by atoms with Crippen LogP contribution in [0.5, 0.6) is 0 Å². The lowest BCUT2D eigenvalue weighted by Crippen LogP contribution is -2.27. The van der Waals surface area contributed by atoms with Gasteiger partial charge in [-0.15, -0.1) is 11.6 Å². The lowest BCUT2D eigenvalue weighted by molar-refractivity contribution is 0.331. The van der Waals surface area contributed by atoms with Crippen LogP contribution in [0.25, 0.3) is 11.0 Å². The molecule has 3 rings (SSSR count). The molecule has 2 nitrogen and oxygen atoms in total. The second kappa shape index (κ2) is 4.23. The molecule has 0 saturated heterocycles. The van der Waals surface area contributed by atoms with E-state index < -0.39 is 0 Å². The predicted molar refractivity (Wildman–Crippen MR) is 71.4 cm³/mol. The number of alkyl halides is 1. The number of hydrogen-bond acceptors (Lipinski definition) is 1. The standard InChI is InChI=1S/C14H16ClFN2/c1-14(6-2-3-7-14)18-12-8-10(16)4-5-11(12)17-13(18)9-15/h4-5,8H,2-3,6-7,9H2,1H3. The molecule has 1 aliphatic rings. The first-order chi connectivity index (χ1) is 8.64. The molecule has 1 aromatic heterocycles. The first-order valence-corrected chi connectivity index (χ1v) is 6.91. The molecule has 2 aromatic rings. The van der Waals surface area contributed by atoms with Crippen molar-refractivity contribution < 1.29 is 4.39 Å². The van der Waals surface area contributed by atoms with E-state index in [9.17, 15) is 4.39 Å². The van der Waals surface area contributed by atoms with Crippen molar-refractivity contribution in [2.24, 2.45) is 0 Å². The topological polar surface area (TPSA) is 17.8 Å². The van der Waals surface area contributed by atoms with Gasteiger partial charge in [-0.2, -0.15) is 0 Å². The number of nitrogens with zero attached hydrogens (tertiary/aromatic N) is 2. The van der Waals surface area contributed by atoms with Crippen molar-refractivity contribution in [3.05, 3.63) is 29.8 Å². The summed E-state index contributed by atoms with van der Waals surface area (Å²) in [5.74, 6) is 0.999. The monoisotopic (exact) mass is 266 g/mol. The van der Waals surface area contributed by atoms with Crippen LogP contribution < -0.4 is 0 Å². The van der Waals surface area contributed by atoms with Gasteiger partial charge in [-0.05, 0) is 38.0 Å². The highest BCUT2D eigenvalue weighted by molar-refractivity contribution is 6.16. The van der Waals surface area contributed by atoms with Gasteiger partial charge in [0.25, 0.3) is 0 Å². The summed E-state index contributed by atoms with van der Waals surface area (Å²) >= 11 is 6.01. The molecule has 0 N–H and O–H groups in total. The molecule has 1 heterocycles. The number of rotatable bonds is 2. The predicted octanol–water partition coefficient (Wildman–Crippen LogP) is 4.20. The van der Waals surface area contributed by atoms with E-state index in [4.69, 9.17) is 11.6 Å². The second-order valence-electron chi connectivity index (χ2n) is 5.33. The lowest BCUT2D eigenvalue weighted by atomic mass is 9.99. The number of halogens is 2. The number of aromatic nitrogens is 2. The number of hydrogen-bond donors (Lipinski definition) is 0. The highest BCUT2D eigenvalue weighted by Gasteiger charge is 2.33. The summed E-state index contributed by atoms with van der Waals surface area (Å²) in [6, 6.07) is 4.76. The van der Waals surface area contributed by atoms with E-state index in [2.05, 4.69) is 16.5 Å². The molecule has 0 spiro atoms. The molecular weight excluding hydrogens is 251 g/mol. The van der Waals surface area contributed by atoms with E-state index in [1.165, 1.54) is 18.9 Å². The Kier molecular flexibility index (Phi) is 2.81. The van der Waals surface area contributed by atoms with Crippen molar-refractivity contribution in [1.82, 2.24) is 9.55 Å². The maximum Gasteiger partial charge on any atom is 0.125 e. The van der Waals surface area contributed by atoms with Crippen molar-refractivity contribution in [1.29, 1.82) is 0 Å². The maximum absolute atomic E-state index is 13.5. The minimum atomic E-state index is -0.216. The first-order valence-electron chi connectivity index (χ1n) is 6.37. The fourth-order valence-corrected chi connectivity index (χ4v) is 3.33. The molecule has 1 aliphatic carbocycles. The zero-order chi connectivity index (χ0) is 12.8. The molecule has 0 radical (unpaired) electrons. The Morgan fingerprint density at radius 2 is 2.11 bits per heavy atom. The highest BCUT2D eigenvalue weighted by Crippen LogP contribution is 2.39. The first kappa shape index (κ1) is 12.0. The Labute approximate surface area is 111 Å². The van der Waals surface area contributed by atoms with Crippen molar-refractivity contribution in [2.45, 2.75) is 44.0 Å². The molecule has 96 valence electrons. The molecule has 1 fully saturated rings. The molecule has 0 unspecified atom stereocenters. The SMILES string of the molecule is CC1(n2c(CCl)nc3ccc(F)cc32)CCCC1. The number of imidazole rings is 1. The fourth-order valence-electron chi connectivity index (χ4n) is 3.15. The average Bonchev–Trinajstić information content (AvgIpc) is 2.92. The highest BCUT2D eigenvalue weighted by atomic mass is 35.5. The van der Waals surface area contributed by atoms with E-state index in [1.54, 1.807) is 12.1 Å². The van der Waals surface area contributed by atoms with Crippen LogP contribution in [0.2, 0.25) is 0 Å². The van der Waals surface area contributed by atoms with Crippen molar-refractivity contribution >= 4 is 22.6 Å². The molecule has 0 atom stereocenters. The van der Waals surface area contributed by atoms with Gasteiger partial charge in [-0.3, -0.25) is 0 Å². The molecule has 0 amide bonds. The van der Waals surface area contributed by atoms with Crippen LogP contribution in [0, 0.1) is 5.82 Å². The van der Waals surface area contributed by atoms with Crippen LogP contribution in [0.4, 0.5) is 4.39 Å². The van der Waals surface area contributed by atoms with Crippen LogP contribution in [-0.2, 0) is 11.4 Å². The average molecular weight is 267 g/mol. The second-order valence-corrected chi connectivity index (χ2v) is 5.60. The minimum absolute atomic E-state index is 0.0345. The fraction of sp³-hybridized carbons (Fsp3) is 0.500. The van der Waals surface area contributed by atoms with Gasteiger partial charge in [0.05, 0.1) is 16.9 Å². The van der Waals surface area contributed by atoms with Crippen LogP contribution in [0.15, 0.2) is 18.2 Å². The summed E-state index contributed by atoms with van der Waals surface area (Å²) in [6.45, 7) is 2.22. The van der Waals surface area contributed by atoms with Crippen molar-refractivity contribution in [3.8, 4) is 0 Å². The summed E-state index contributed by atoms with van der Waals surface area (Å²) in [7, 11) is 0. The normalized spacial score (nSPS) is 18.6. The third kappa shape index (κ3) is 1.72. The smallest absolute Gasteiger partial charge is 0.125 e. The van der Waals surface area contributed by atoms with Gasteiger partial charge in [0.1, 0.15) is 11.6 Å². The van der Waals surface area contributed by atoms with Gasteiger partial charge in [-0.1, -0.05) is 12.8 Å². The van der Waals surface area contributed by atoms with Gasteiger partial charge in [0, 0.05) is 5.54 Å². The summed E-state index contributed by atoms with van der Waals surface area (Å²) in [5.41, 5.74) is 1.74. The Morgan fingerprint density at radius 3 is 2.78 bits per heavy atom. The third-order valence-corrected chi connectivity index (χ3v) is 4.27. The molecular formula is C14H16ClFN2. The Hall–Kier alpha value is -1.09. The van der Waals surface area contributed by atoms with E-state index in [1.807, 2.05) is 0 Å².